The van der Waals surface area contributed by atoms with Gasteiger partial charge in [-0.2, -0.15) is 0 Å². The number of ether oxygens (including phenoxy) is 4. The Kier molecular flexibility index (Phi) is 6.52. The van der Waals surface area contributed by atoms with Crippen LogP contribution in [-0.4, -0.2) is 82.4 Å². The maximum atomic E-state index is 13.4. The van der Waals surface area contributed by atoms with Gasteiger partial charge in [0.1, 0.15) is 48.3 Å². The van der Waals surface area contributed by atoms with Crippen molar-refractivity contribution in [2.75, 3.05) is 13.7 Å². The predicted molar refractivity (Wildman–Crippen MR) is 117 cm³/mol. The minimum Gasteiger partial charge on any atom is -0.507 e. The van der Waals surface area contributed by atoms with Gasteiger partial charge < -0.3 is 39.4 Å². The Morgan fingerprint density at radius 3 is 2.31 bits per heavy atom. The van der Waals surface area contributed by atoms with E-state index >= 15 is 0 Å². The highest BCUT2D eigenvalue weighted by molar-refractivity contribution is 6.30. The van der Waals surface area contributed by atoms with E-state index in [9.17, 15) is 34.8 Å². The van der Waals surface area contributed by atoms with Gasteiger partial charge in [-0.25, -0.2) is 0 Å². The molecule has 0 radical (unpaired) electrons. The average Bonchev–Trinajstić information content (AvgIpc) is 2.80. The number of hydrogen-bond acceptors (Lipinski definition) is 11. The van der Waals surface area contributed by atoms with E-state index in [2.05, 4.69) is 0 Å². The normalized spacial score (nSPS) is 25.5. The fraction of sp³-hybridized carbons (Fsp3) is 0.375. The molecule has 1 fully saturated rings. The van der Waals surface area contributed by atoms with Crippen LogP contribution in [0.4, 0.5) is 0 Å². The van der Waals surface area contributed by atoms with Crippen LogP contribution >= 0.6 is 0 Å². The first-order valence-corrected chi connectivity index (χ1v) is 10.7. The van der Waals surface area contributed by atoms with E-state index in [4.69, 9.17) is 18.9 Å². The monoisotopic (exact) mass is 488 g/mol. The highest BCUT2D eigenvalue weighted by atomic mass is 16.7. The maximum absolute atomic E-state index is 13.4. The molecule has 0 aromatic heterocycles. The molecule has 35 heavy (non-hydrogen) atoms. The van der Waals surface area contributed by atoms with Crippen LogP contribution in [0.15, 0.2) is 24.3 Å². The van der Waals surface area contributed by atoms with Crippen molar-refractivity contribution in [3.63, 3.8) is 0 Å². The van der Waals surface area contributed by atoms with E-state index in [0.29, 0.717) is 5.56 Å². The highest BCUT2D eigenvalue weighted by Crippen LogP contribution is 2.40. The number of phenols is 1. The number of phenolic OH excluding ortho intramolecular Hbond substituents is 1. The van der Waals surface area contributed by atoms with E-state index in [1.54, 1.807) is 6.92 Å². The van der Waals surface area contributed by atoms with E-state index in [1.807, 2.05) is 0 Å². The Morgan fingerprint density at radius 1 is 0.971 bits per heavy atom. The zero-order valence-corrected chi connectivity index (χ0v) is 19.0. The van der Waals surface area contributed by atoms with Crippen molar-refractivity contribution in [1.29, 1.82) is 0 Å². The van der Waals surface area contributed by atoms with Crippen LogP contribution in [0.2, 0.25) is 0 Å². The number of rotatable bonds is 5. The number of aliphatic hydroxyl groups excluding tert-OH is 3. The Balaban J connectivity index is 1.75. The van der Waals surface area contributed by atoms with Crippen molar-refractivity contribution in [1.82, 2.24) is 0 Å². The molecule has 2 aromatic rings. The Morgan fingerprint density at radius 2 is 1.66 bits per heavy atom. The third-order valence-corrected chi connectivity index (χ3v) is 5.88. The summed E-state index contributed by atoms with van der Waals surface area (Å²) >= 11 is 0. The first-order chi connectivity index (χ1) is 16.5. The summed E-state index contributed by atoms with van der Waals surface area (Å²) in [7, 11) is 1.34. The van der Waals surface area contributed by atoms with E-state index in [1.165, 1.54) is 31.4 Å². The predicted octanol–water partition coefficient (Wildman–Crippen LogP) is 0.234. The topological polar surface area (TPSA) is 169 Å². The number of hydrogen-bond donors (Lipinski definition) is 4. The lowest BCUT2D eigenvalue weighted by Gasteiger charge is -2.40. The maximum Gasteiger partial charge on any atom is 0.302 e. The van der Waals surface area contributed by atoms with Gasteiger partial charge in [0, 0.05) is 24.1 Å². The van der Waals surface area contributed by atoms with Gasteiger partial charge in [-0.1, -0.05) is 0 Å². The number of aliphatic hydroxyl groups is 3. The van der Waals surface area contributed by atoms with Crippen molar-refractivity contribution in [3.05, 3.63) is 52.1 Å². The van der Waals surface area contributed by atoms with E-state index < -0.39 is 54.8 Å². The fourth-order valence-electron chi connectivity index (χ4n) is 4.15. The van der Waals surface area contributed by atoms with Crippen LogP contribution in [0.5, 0.6) is 17.2 Å². The molecular weight excluding hydrogens is 464 g/mol. The average molecular weight is 488 g/mol. The molecule has 11 nitrogen and oxygen atoms in total. The van der Waals surface area contributed by atoms with E-state index in [-0.39, 0.29) is 39.5 Å². The molecule has 1 heterocycles. The number of aryl methyl sites for hydroxylation is 1. The third kappa shape index (κ3) is 4.34. The molecule has 0 spiro atoms. The largest absolute Gasteiger partial charge is 0.507 e. The summed E-state index contributed by atoms with van der Waals surface area (Å²) in [6, 6.07) is 5.48. The van der Waals surface area contributed by atoms with Crippen LogP contribution in [0, 0.1) is 6.92 Å². The molecule has 0 amide bonds. The first kappa shape index (κ1) is 24.6. The number of aromatic hydroxyl groups is 1. The van der Waals surface area contributed by atoms with Crippen molar-refractivity contribution in [3.8, 4) is 17.2 Å². The molecule has 11 heteroatoms. The summed E-state index contributed by atoms with van der Waals surface area (Å²) in [5, 5.41) is 41.3. The lowest BCUT2D eigenvalue weighted by Crippen LogP contribution is -2.60. The Bertz CT molecular complexity index is 1200. The number of fused-ring (bicyclic) bond motifs is 2. The molecule has 4 rings (SSSR count). The second kappa shape index (κ2) is 9.27. The molecule has 186 valence electrons. The summed E-state index contributed by atoms with van der Waals surface area (Å²) in [6.07, 6.45) is -7.98. The second-order valence-electron chi connectivity index (χ2n) is 8.35. The van der Waals surface area contributed by atoms with Crippen molar-refractivity contribution < 1.29 is 53.8 Å². The molecule has 1 aliphatic heterocycles. The van der Waals surface area contributed by atoms with Crippen molar-refractivity contribution in [2.45, 2.75) is 44.6 Å². The Hall–Kier alpha value is -3.51. The number of methoxy groups -OCH3 is 1. The second-order valence-corrected chi connectivity index (χ2v) is 8.35. The molecular formula is C24H24O11. The van der Waals surface area contributed by atoms with Crippen LogP contribution in [0.1, 0.15) is 44.3 Å². The van der Waals surface area contributed by atoms with Crippen molar-refractivity contribution in [2.24, 2.45) is 0 Å². The molecule has 5 atom stereocenters. The van der Waals surface area contributed by atoms with Gasteiger partial charge in [0.05, 0.1) is 18.2 Å². The SMILES string of the molecule is COc1cc(OC2OC(COC(C)=O)C(O)C(O)C2O)c2c(c1)C(=O)c1cc(C)cc(O)c1C2=O. The van der Waals surface area contributed by atoms with Gasteiger partial charge in [-0.15, -0.1) is 0 Å². The summed E-state index contributed by atoms with van der Waals surface area (Å²) < 4.78 is 21.3. The van der Waals surface area contributed by atoms with Crippen LogP contribution in [-0.2, 0) is 14.3 Å². The van der Waals surface area contributed by atoms with Gasteiger partial charge >= 0.3 is 5.97 Å². The fourth-order valence-corrected chi connectivity index (χ4v) is 4.15. The molecule has 2 aliphatic rings. The van der Waals surface area contributed by atoms with Gasteiger partial charge in [0.15, 0.2) is 5.78 Å². The zero-order valence-electron chi connectivity index (χ0n) is 19.0. The van der Waals surface area contributed by atoms with Gasteiger partial charge in [0.25, 0.3) is 0 Å². The number of ketones is 2. The first-order valence-electron chi connectivity index (χ1n) is 10.7. The summed E-state index contributed by atoms with van der Waals surface area (Å²) in [5.74, 6) is -2.35. The lowest BCUT2D eigenvalue weighted by atomic mass is 9.82. The smallest absolute Gasteiger partial charge is 0.302 e. The molecule has 4 N–H and O–H groups in total. The number of carbonyl (C=O) groups is 3. The minimum atomic E-state index is -1.77. The lowest BCUT2D eigenvalue weighted by molar-refractivity contribution is -0.278. The van der Waals surface area contributed by atoms with Gasteiger partial charge in [-0.3, -0.25) is 14.4 Å². The van der Waals surface area contributed by atoms with Gasteiger partial charge in [0.2, 0.25) is 12.1 Å². The molecule has 0 saturated carbocycles. The highest BCUT2D eigenvalue weighted by Gasteiger charge is 2.46. The van der Waals surface area contributed by atoms with E-state index in [0.717, 1.165) is 6.92 Å². The summed E-state index contributed by atoms with van der Waals surface area (Å²) in [6.45, 7) is 2.38. The van der Waals surface area contributed by atoms with Crippen LogP contribution in [0.3, 0.4) is 0 Å². The molecule has 2 aromatic carbocycles. The molecule has 1 saturated heterocycles. The van der Waals surface area contributed by atoms with Gasteiger partial charge in [-0.05, 0) is 30.7 Å². The third-order valence-electron chi connectivity index (χ3n) is 5.88. The number of esters is 1. The number of carbonyl (C=O) groups excluding carboxylic acids is 3. The summed E-state index contributed by atoms with van der Waals surface area (Å²) in [4.78, 5) is 37.8. The van der Waals surface area contributed by atoms with Crippen molar-refractivity contribution >= 4 is 17.5 Å². The van der Waals surface area contributed by atoms with Crippen LogP contribution in [0.25, 0.3) is 0 Å². The van der Waals surface area contributed by atoms with Crippen LogP contribution < -0.4 is 9.47 Å². The number of benzene rings is 2. The molecule has 5 unspecified atom stereocenters. The summed E-state index contributed by atoms with van der Waals surface area (Å²) in [5.41, 5.74) is 0.152. The zero-order chi connectivity index (χ0) is 25.6. The minimum absolute atomic E-state index is 0.0214. The molecule has 0 bridgehead atoms. The molecule has 1 aliphatic carbocycles. The standard InChI is InChI=1S/C24H24O11/c1-9-4-12-17(14(26)5-9)21(29)18-13(19(12)27)6-11(32-3)7-15(18)34-24-23(31)22(30)20(28)16(35-24)8-33-10(2)25/h4-7,16,20,22-24,26,28,30-31H,8H2,1-3H3. The quantitative estimate of drug-likeness (QED) is 0.363. The Labute approximate surface area is 199 Å².